The first kappa shape index (κ1) is 22.5. The summed E-state index contributed by atoms with van der Waals surface area (Å²) in [5.74, 6) is -2.90. The van der Waals surface area contributed by atoms with E-state index in [2.05, 4.69) is 0 Å². The van der Waals surface area contributed by atoms with Crippen LogP contribution >= 0.6 is 34.8 Å². The fourth-order valence-corrected chi connectivity index (χ4v) is 4.86. The molecule has 0 atom stereocenters. The third-order valence-corrected chi connectivity index (χ3v) is 6.70. The van der Waals surface area contributed by atoms with E-state index in [9.17, 15) is 19.8 Å². The maximum absolute atomic E-state index is 15.3. The number of rotatable bonds is 3. The number of hydrogen-bond acceptors (Lipinski definition) is 4. The number of carboxylic acid groups (broad SMARTS) is 1. The Hall–Kier alpha value is -3.32. The van der Waals surface area contributed by atoms with Crippen molar-refractivity contribution in [3.63, 3.8) is 0 Å². The molecule has 2 N–H and O–H groups in total. The molecule has 5 nitrogen and oxygen atoms in total. The molecule has 3 aromatic carbocycles. The zero-order valence-electron chi connectivity index (χ0n) is 17.0. The molecule has 3 aromatic rings. The fourth-order valence-electron chi connectivity index (χ4n) is 4.22. The van der Waals surface area contributed by atoms with Crippen LogP contribution in [-0.2, 0) is 6.42 Å². The lowest BCUT2D eigenvalue weighted by Crippen LogP contribution is -2.08. The number of phenolic OH excluding ortho intramolecular Hbond substituents is 1. The molecule has 1 aliphatic carbocycles. The summed E-state index contributed by atoms with van der Waals surface area (Å²) >= 11 is 18.7. The Balaban J connectivity index is 2.00. The Morgan fingerprint density at radius 2 is 1.62 bits per heavy atom. The number of aromatic carboxylic acids is 1. The SMILES string of the molecule is O=C(O)c1c(Cl)ccc(Cl)c1Cc1c2cc(Cl)c(=O)cc-2oc2c(F)c(O)c3ccccc3c12. The van der Waals surface area contributed by atoms with Gasteiger partial charge in [-0.05, 0) is 34.7 Å². The first-order valence-electron chi connectivity index (χ1n) is 9.87. The highest BCUT2D eigenvalue weighted by Gasteiger charge is 2.27. The second-order valence-electron chi connectivity index (χ2n) is 7.64. The van der Waals surface area contributed by atoms with E-state index in [1.54, 1.807) is 24.3 Å². The van der Waals surface area contributed by atoms with E-state index in [1.165, 1.54) is 18.2 Å². The van der Waals surface area contributed by atoms with Crippen molar-refractivity contribution in [1.29, 1.82) is 0 Å². The zero-order chi connectivity index (χ0) is 24.3. The monoisotopic (exact) mass is 516 g/mol. The van der Waals surface area contributed by atoms with Crippen molar-refractivity contribution in [1.82, 2.24) is 0 Å². The van der Waals surface area contributed by atoms with Gasteiger partial charge in [-0.15, -0.1) is 0 Å². The summed E-state index contributed by atoms with van der Waals surface area (Å²) in [5.41, 5.74) is -0.0857. The number of carbonyl (C=O) groups is 1. The maximum atomic E-state index is 15.3. The quantitative estimate of drug-likeness (QED) is 0.196. The number of benzene rings is 4. The molecule has 0 bridgehead atoms. The van der Waals surface area contributed by atoms with Gasteiger partial charge >= 0.3 is 5.97 Å². The van der Waals surface area contributed by atoms with E-state index in [-0.39, 0.29) is 54.7 Å². The fraction of sp³-hybridized carbons (Fsp3) is 0.0400. The molecular weight excluding hydrogens is 506 g/mol. The van der Waals surface area contributed by atoms with E-state index in [0.717, 1.165) is 6.07 Å². The predicted octanol–water partition coefficient (Wildman–Crippen LogP) is 7.14. The Morgan fingerprint density at radius 1 is 0.941 bits per heavy atom. The second-order valence-corrected chi connectivity index (χ2v) is 8.86. The number of phenols is 1. The van der Waals surface area contributed by atoms with Crippen molar-refractivity contribution in [2.75, 3.05) is 0 Å². The van der Waals surface area contributed by atoms with Gasteiger partial charge in [0.15, 0.2) is 11.3 Å². The van der Waals surface area contributed by atoms with Crippen LogP contribution in [0.25, 0.3) is 33.1 Å². The van der Waals surface area contributed by atoms with E-state index in [0.29, 0.717) is 16.5 Å². The van der Waals surface area contributed by atoms with Gasteiger partial charge in [0.05, 0.1) is 15.6 Å². The lowest BCUT2D eigenvalue weighted by Gasteiger charge is -2.19. The van der Waals surface area contributed by atoms with Crippen LogP contribution in [0, 0.1) is 5.82 Å². The molecule has 1 aliphatic heterocycles. The average Bonchev–Trinajstić information content (AvgIpc) is 2.80. The van der Waals surface area contributed by atoms with Crippen LogP contribution in [0.2, 0.25) is 15.1 Å². The minimum absolute atomic E-state index is 0.0144. The number of aromatic hydroxyl groups is 1. The molecular formula is C25H12Cl3FO5. The summed E-state index contributed by atoms with van der Waals surface area (Å²) in [6, 6.07) is 11.9. The van der Waals surface area contributed by atoms with Crippen molar-refractivity contribution in [3.05, 3.63) is 96.3 Å². The van der Waals surface area contributed by atoms with Crippen LogP contribution in [0.15, 0.2) is 57.7 Å². The van der Waals surface area contributed by atoms with E-state index in [1.807, 2.05) is 0 Å². The highest BCUT2D eigenvalue weighted by Crippen LogP contribution is 2.44. The molecule has 0 fully saturated rings. The summed E-state index contributed by atoms with van der Waals surface area (Å²) in [4.78, 5) is 24.2. The third-order valence-electron chi connectivity index (χ3n) is 5.73. The Labute approximate surface area is 205 Å². The van der Waals surface area contributed by atoms with Gasteiger partial charge in [0.1, 0.15) is 5.76 Å². The van der Waals surface area contributed by atoms with E-state index < -0.39 is 23.0 Å². The molecule has 170 valence electrons. The van der Waals surface area contributed by atoms with Gasteiger partial charge < -0.3 is 14.6 Å². The van der Waals surface area contributed by atoms with Gasteiger partial charge in [-0.1, -0.05) is 59.1 Å². The smallest absolute Gasteiger partial charge is 0.337 e. The molecule has 0 unspecified atom stereocenters. The normalized spacial score (nSPS) is 11.5. The van der Waals surface area contributed by atoms with Crippen molar-refractivity contribution in [2.24, 2.45) is 0 Å². The van der Waals surface area contributed by atoms with Crippen molar-refractivity contribution >= 4 is 62.5 Å². The molecule has 0 amide bonds. The van der Waals surface area contributed by atoms with Gasteiger partial charge in [0.25, 0.3) is 0 Å². The molecule has 0 aromatic heterocycles. The molecule has 0 saturated carbocycles. The summed E-state index contributed by atoms with van der Waals surface area (Å²) in [6.45, 7) is 0. The summed E-state index contributed by atoms with van der Waals surface area (Å²) in [6.07, 6.45) is -0.104. The number of carboxylic acids is 1. The van der Waals surface area contributed by atoms with Crippen LogP contribution in [0.3, 0.4) is 0 Å². The Kier molecular flexibility index (Phi) is 5.40. The molecule has 34 heavy (non-hydrogen) atoms. The van der Waals surface area contributed by atoms with Gasteiger partial charge in [-0.2, -0.15) is 4.39 Å². The van der Waals surface area contributed by atoms with Crippen LogP contribution < -0.4 is 5.43 Å². The second kappa shape index (κ2) is 8.17. The highest BCUT2D eigenvalue weighted by atomic mass is 35.5. The first-order valence-corrected chi connectivity index (χ1v) is 11.0. The summed E-state index contributed by atoms with van der Waals surface area (Å²) in [5, 5.41) is 21.2. The van der Waals surface area contributed by atoms with Crippen molar-refractivity contribution in [3.8, 4) is 17.1 Å². The number of hydrogen-bond donors (Lipinski definition) is 2. The van der Waals surface area contributed by atoms with Crippen molar-refractivity contribution in [2.45, 2.75) is 6.42 Å². The largest absolute Gasteiger partial charge is 0.504 e. The standard InChI is InChI=1S/C25H12Cl3FO5/c26-15-5-6-16(27)21(25(32)33)14(15)7-13-12-8-17(28)18(30)9-19(12)34-24-20(13)10-3-1-2-4-11(10)23(31)22(24)29/h1-6,8-9,31H,7H2,(H,32,33). The zero-order valence-corrected chi connectivity index (χ0v) is 19.2. The molecule has 1 heterocycles. The van der Waals surface area contributed by atoms with Crippen LogP contribution in [0.5, 0.6) is 5.75 Å². The number of halogens is 4. The van der Waals surface area contributed by atoms with E-state index >= 15 is 4.39 Å². The van der Waals surface area contributed by atoms with Gasteiger partial charge in [-0.25, -0.2) is 4.79 Å². The molecule has 0 spiro atoms. The molecule has 5 rings (SSSR count). The predicted molar refractivity (Wildman–Crippen MR) is 129 cm³/mol. The van der Waals surface area contributed by atoms with Crippen LogP contribution in [0.1, 0.15) is 21.5 Å². The van der Waals surface area contributed by atoms with E-state index in [4.69, 9.17) is 39.2 Å². The van der Waals surface area contributed by atoms with Crippen molar-refractivity contribution < 1.29 is 23.8 Å². The molecule has 0 saturated heterocycles. The lowest BCUT2D eigenvalue weighted by molar-refractivity contribution is 0.0696. The average molecular weight is 518 g/mol. The van der Waals surface area contributed by atoms with Gasteiger partial charge in [0, 0.05) is 33.8 Å². The maximum Gasteiger partial charge on any atom is 0.337 e. The Morgan fingerprint density at radius 3 is 2.32 bits per heavy atom. The molecule has 0 radical (unpaired) electrons. The summed E-state index contributed by atoms with van der Waals surface area (Å²) < 4.78 is 21.1. The molecule has 2 aliphatic rings. The summed E-state index contributed by atoms with van der Waals surface area (Å²) in [7, 11) is 0. The third kappa shape index (κ3) is 3.38. The van der Waals surface area contributed by atoms with Gasteiger partial charge in [0.2, 0.25) is 11.2 Å². The first-order chi connectivity index (χ1) is 16.2. The van der Waals surface area contributed by atoms with Crippen LogP contribution in [0.4, 0.5) is 4.39 Å². The lowest BCUT2D eigenvalue weighted by atomic mass is 9.89. The topological polar surface area (TPSA) is 87.7 Å². The van der Waals surface area contributed by atoms with Gasteiger partial charge in [-0.3, -0.25) is 4.79 Å². The minimum Gasteiger partial charge on any atom is -0.504 e. The number of fused-ring (bicyclic) bond motifs is 4. The minimum atomic E-state index is -1.29. The Bertz CT molecular complexity index is 1690. The van der Waals surface area contributed by atoms with Crippen LogP contribution in [-0.4, -0.2) is 16.2 Å². The highest BCUT2D eigenvalue weighted by molar-refractivity contribution is 6.36. The molecule has 9 heteroatoms.